The van der Waals surface area contributed by atoms with E-state index < -0.39 is 11.8 Å². The molecule has 2 rings (SSSR count). The molecule has 2 aromatic rings. The predicted octanol–water partition coefficient (Wildman–Crippen LogP) is 6.98. The highest BCUT2D eigenvalue weighted by Crippen LogP contribution is 2.42. The van der Waals surface area contributed by atoms with E-state index in [1.54, 1.807) is 31.2 Å². The molecule has 0 saturated heterocycles. The summed E-state index contributed by atoms with van der Waals surface area (Å²) >= 11 is 0. The number of halogens is 3. The zero-order valence-corrected chi connectivity index (χ0v) is 17.1. The molecular weight excluding hydrogens is 365 g/mol. The summed E-state index contributed by atoms with van der Waals surface area (Å²) in [4.78, 5) is 0. The van der Waals surface area contributed by atoms with Crippen molar-refractivity contribution >= 4 is 0 Å². The van der Waals surface area contributed by atoms with Crippen LogP contribution in [0.5, 0.6) is 5.75 Å². The van der Waals surface area contributed by atoms with E-state index in [9.17, 15) is 23.4 Å². The molecule has 2 N–H and O–H groups in total. The number of alkyl halides is 3. The Labute approximate surface area is 166 Å². The summed E-state index contributed by atoms with van der Waals surface area (Å²) in [6, 6.07) is 11.0. The minimum absolute atomic E-state index is 0.152. The first-order chi connectivity index (χ1) is 13.2. The summed E-state index contributed by atoms with van der Waals surface area (Å²) in [7, 11) is 0. The van der Waals surface area contributed by atoms with Crippen molar-refractivity contribution < 1.29 is 23.4 Å². The van der Waals surface area contributed by atoms with Gasteiger partial charge in [-0.05, 0) is 53.6 Å². The molecule has 5 heteroatoms. The molecular formula is C23H31F3O2. The number of hydrogen-bond donors (Lipinski definition) is 2. The second-order valence-electron chi connectivity index (χ2n) is 6.63. The van der Waals surface area contributed by atoms with Crippen molar-refractivity contribution in [2.45, 2.75) is 71.6 Å². The number of phenols is 1. The second-order valence-corrected chi connectivity index (χ2v) is 6.63. The minimum atomic E-state index is -4.73. The highest BCUT2D eigenvalue weighted by atomic mass is 19.4. The number of aliphatic hydroxyl groups is 1. The highest BCUT2D eigenvalue weighted by molar-refractivity contribution is 5.66. The Morgan fingerprint density at radius 3 is 1.93 bits per heavy atom. The molecule has 0 aromatic heterocycles. The van der Waals surface area contributed by atoms with Crippen LogP contribution in [0.15, 0.2) is 42.5 Å². The molecule has 0 fully saturated rings. The molecule has 1 unspecified atom stereocenters. The van der Waals surface area contributed by atoms with Crippen LogP contribution in [0.1, 0.15) is 64.5 Å². The average molecular weight is 396 g/mol. The van der Waals surface area contributed by atoms with Gasteiger partial charge in [-0.25, -0.2) is 0 Å². The Morgan fingerprint density at radius 2 is 1.43 bits per heavy atom. The topological polar surface area (TPSA) is 40.5 Å². The average Bonchev–Trinajstić information content (AvgIpc) is 2.68. The highest BCUT2D eigenvalue weighted by Gasteiger charge is 2.54. The van der Waals surface area contributed by atoms with Crippen LogP contribution in [0.25, 0.3) is 11.1 Å². The van der Waals surface area contributed by atoms with E-state index in [0.29, 0.717) is 0 Å². The molecule has 1 atom stereocenters. The van der Waals surface area contributed by atoms with Gasteiger partial charge in [0.15, 0.2) is 5.60 Å². The number of unbranched alkanes of at least 4 members (excludes halogenated alkanes) is 1. The molecule has 0 aliphatic rings. The molecule has 0 aliphatic carbocycles. The van der Waals surface area contributed by atoms with Gasteiger partial charge in [-0.2, -0.15) is 13.2 Å². The van der Waals surface area contributed by atoms with Gasteiger partial charge in [-0.15, -0.1) is 0 Å². The normalized spacial score (nSPS) is 13.4. The van der Waals surface area contributed by atoms with Gasteiger partial charge in [0.2, 0.25) is 0 Å². The lowest BCUT2D eigenvalue weighted by molar-refractivity contribution is -0.269. The van der Waals surface area contributed by atoms with E-state index >= 15 is 0 Å². The van der Waals surface area contributed by atoms with Crippen molar-refractivity contribution in [1.82, 2.24) is 0 Å². The predicted molar refractivity (Wildman–Crippen MR) is 108 cm³/mol. The standard InChI is InChI=1S/C21H25F3O2.C2H6/c1-3-5-6-17-14-16(9-12-19(17)25)15-7-10-18(11-8-15)20(26,13-4-2)21(22,23)24;1-2/h7-12,14,25-26H,3-6,13H2,1-2H3;1-2H3. The van der Waals surface area contributed by atoms with Gasteiger partial charge in [0.1, 0.15) is 5.75 Å². The number of aryl methyl sites for hydroxylation is 1. The first kappa shape index (κ1) is 24.0. The van der Waals surface area contributed by atoms with Crippen LogP contribution in [-0.4, -0.2) is 16.4 Å². The van der Waals surface area contributed by atoms with Crippen molar-refractivity contribution in [2.24, 2.45) is 0 Å². The molecule has 156 valence electrons. The molecule has 0 amide bonds. The summed E-state index contributed by atoms with van der Waals surface area (Å²) < 4.78 is 40.0. The number of phenolic OH excluding ortho intramolecular Hbond substituents is 1. The van der Waals surface area contributed by atoms with Crippen LogP contribution in [0.4, 0.5) is 13.2 Å². The molecule has 0 spiro atoms. The van der Waals surface area contributed by atoms with Gasteiger partial charge >= 0.3 is 6.18 Å². The van der Waals surface area contributed by atoms with Crippen LogP contribution >= 0.6 is 0 Å². The first-order valence-electron chi connectivity index (χ1n) is 9.94. The molecule has 0 saturated carbocycles. The van der Waals surface area contributed by atoms with Crippen molar-refractivity contribution in [3.63, 3.8) is 0 Å². The number of hydrogen-bond acceptors (Lipinski definition) is 2. The van der Waals surface area contributed by atoms with E-state index in [1.807, 2.05) is 19.9 Å². The van der Waals surface area contributed by atoms with Crippen LogP contribution in [0.3, 0.4) is 0 Å². The van der Waals surface area contributed by atoms with Gasteiger partial charge < -0.3 is 10.2 Å². The van der Waals surface area contributed by atoms with Crippen molar-refractivity contribution in [1.29, 1.82) is 0 Å². The van der Waals surface area contributed by atoms with Crippen molar-refractivity contribution in [2.75, 3.05) is 0 Å². The maximum atomic E-state index is 13.3. The third-order valence-electron chi connectivity index (χ3n) is 4.66. The van der Waals surface area contributed by atoms with Crippen molar-refractivity contribution in [3.8, 4) is 16.9 Å². The largest absolute Gasteiger partial charge is 0.508 e. The Morgan fingerprint density at radius 1 is 0.857 bits per heavy atom. The summed E-state index contributed by atoms with van der Waals surface area (Å²) in [5, 5.41) is 20.1. The Bertz CT molecular complexity index is 724. The molecule has 0 heterocycles. The van der Waals surface area contributed by atoms with Crippen LogP contribution in [0.2, 0.25) is 0 Å². The molecule has 0 aliphatic heterocycles. The minimum Gasteiger partial charge on any atom is -0.508 e. The van der Waals surface area contributed by atoms with Gasteiger partial charge in [-0.3, -0.25) is 0 Å². The van der Waals surface area contributed by atoms with Crippen LogP contribution in [-0.2, 0) is 12.0 Å². The molecule has 28 heavy (non-hydrogen) atoms. The SMILES string of the molecule is CC.CCCCc1cc(-c2ccc(C(O)(CCC)C(F)(F)F)cc2)ccc1O. The monoisotopic (exact) mass is 396 g/mol. The maximum absolute atomic E-state index is 13.3. The zero-order chi connectivity index (χ0) is 21.4. The molecule has 0 radical (unpaired) electrons. The fourth-order valence-electron chi connectivity index (χ4n) is 3.08. The second kappa shape index (κ2) is 10.5. The van der Waals surface area contributed by atoms with Gasteiger partial charge in [-0.1, -0.05) is 70.9 Å². The summed E-state index contributed by atoms with van der Waals surface area (Å²) in [5.74, 6) is 0.230. The number of aromatic hydroxyl groups is 1. The van der Waals surface area contributed by atoms with E-state index in [2.05, 4.69) is 6.92 Å². The van der Waals surface area contributed by atoms with E-state index in [4.69, 9.17) is 0 Å². The van der Waals surface area contributed by atoms with Crippen molar-refractivity contribution in [3.05, 3.63) is 53.6 Å². The van der Waals surface area contributed by atoms with Gasteiger partial charge in [0, 0.05) is 0 Å². The lowest BCUT2D eigenvalue weighted by Crippen LogP contribution is -2.42. The maximum Gasteiger partial charge on any atom is 0.421 e. The summed E-state index contributed by atoms with van der Waals surface area (Å²) in [5.41, 5.74) is -0.590. The van der Waals surface area contributed by atoms with Crippen LogP contribution in [0, 0.1) is 0 Å². The fourth-order valence-corrected chi connectivity index (χ4v) is 3.08. The Hall–Kier alpha value is -2.01. The smallest absolute Gasteiger partial charge is 0.421 e. The molecule has 2 nitrogen and oxygen atoms in total. The Balaban J connectivity index is 0.00000190. The third kappa shape index (κ3) is 5.51. The number of benzene rings is 2. The quantitative estimate of drug-likeness (QED) is 0.530. The first-order valence-corrected chi connectivity index (χ1v) is 9.94. The van der Waals surface area contributed by atoms with E-state index in [0.717, 1.165) is 36.0 Å². The zero-order valence-electron chi connectivity index (χ0n) is 17.1. The molecule has 2 aromatic carbocycles. The van der Waals surface area contributed by atoms with Gasteiger partial charge in [0.05, 0.1) is 0 Å². The van der Waals surface area contributed by atoms with E-state index in [-0.39, 0.29) is 24.2 Å². The lowest BCUT2D eigenvalue weighted by Gasteiger charge is -2.30. The summed E-state index contributed by atoms with van der Waals surface area (Å²) in [6.45, 7) is 7.68. The van der Waals surface area contributed by atoms with Gasteiger partial charge in [0.25, 0.3) is 0 Å². The Kier molecular flexibility index (Phi) is 9.02. The molecule has 0 bridgehead atoms. The lowest BCUT2D eigenvalue weighted by atomic mass is 9.87. The third-order valence-corrected chi connectivity index (χ3v) is 4.66. The summed E-state index contributed by atoms with van der Waals surface area (Å²) in [6.07, 6.45) is -2.18. The number of rotatable bonds is 7. The van der Waals surface area contributed by atoms with Crippen LogP contribution < -0.4 is 0 Å². The van der Waals surface area contributed by atoms with E-state index in [1.165, 1.54) is 12.1 Å². The fraction of sp³-hybridized carbons (Fsp3) is 0.478.